The Morgan fingerprint density at radius 3 is 2.64 bits per heavy atom. The SMILES string of the molecule is CC(C)C(=N)c1ccc(N)c(C=O)c1. The fourth-order valence-corrected chi connectivity index (χ4v) is 1.18. The Labute approximate surface area is 83.4 Å². The lowest BCUT2D eigenvalue weighted by atomic mass is 9.98. The summed E-state index contributed by atoms with van der Waals surface area (Å²) in [7, 11) is 0. The number of nitrogens with one attached hydrogen (secondary N) is 1. The van der Waals surface area contributed by atoms with Crippen molar-refractivity contribution in [2.75, 3.05) is 5.73 Å². The third-order valence-corrected chi connectivity index (χ3v) is 2.10. The van der Waals surface area contributed by atoms with Crippen molar-refractivity contribution in [1.82, 2.24) is 0 Å². The highest BCUT2D eigenvalue weighted by atomic mass is 16.1. The van der Waals surface area contributed by atoms with Crippen LogP contribution in [0.1, 0.15) is 29.8 Å². The van der Waals surface area contributed by atoms with Gasteiger partial charge in [-0.15, -0.1) is 0 Å². The molecule has 0 aromatic heterocycles. The molecule has 0 radical (unpaired) electrons. The van der Waals surface area contributed by atoms with Gasteiger partial charge in [-0.25, -0.2) is 0 Å². The number of hydrogen-bond acceptors (Lipinski definition) is 3. The number of aldehydes is 1. The second kappa shape index (κ2) is 4.05. The van der Waals surface area contributed by atoms with Crippen LogP contribution in [0.4, 0.5) is 5.69 Å². The van der Waals surface area contributed by atoms with Crippen LogP contribution in [0, 0.1) is 11.3 Å². The molecule has 1 aromatic carbocycles. The highest BCUT2D eigenvalue weighted by molar-refractivity contribution is 6.01. The van der Waals surface area contributed by atoms with Gasteiger partial charge in [-0.2, -0.15) is 0 Å². The molecule has 74 valence electrons. The highest BCUT2D eigenvalue weighted by Gasteiger charge is 2.07. The molecule has 0 bridgehead atoms. The highest BCUT2D eigenvalue weighted by Crippen LogP contribution is 2.15. The Balaban J connectivity index is 3.12. The Morgan fingerprint density at radius 2 is 2.14 bits per heavy atom. The summed E-state index contributed by atoms with van der Waals surface area (Å²) < 4.78 is 0. The molecule has 0 saturated carbocycles. The van der Waals surface area contributed by atoms with E-state index in [9.17, 15) is 4.79 Å². The van der Waals surface area contributed by atoms with Crippen LogP contribution in [0.5, 0.6) is 0 Å². The molecule has 1 aromatic rings. The molecule has 0 saturated heterocycles. The lowest BCUT2D eigenvalue weighted by Gasteiger charge is -2.08. The third kappa shape index (κ3) is 1.99. The third-order valence-electron chi connectivity index (χ3n) is 2.10. The molecule has 0 unspecified atom stereocenters. The van der Waals surface area contributed by atoms with Crippen LogP contribution in [0.3, 0.4) is 0 Å². The van der Waals surface area contributed by atoms with E-state index in [1.807, 2.05) is 13.8 Å². The van der Waals surface area contributed by atoms with E-state index in [1.54, 1.807) is 18.2 Å². The van der Waals surface area contributed by atoms with Gasteiger partial charge in [0, 0.05) is 17.0 Å². The van der Waals surface area contributed by atoms with E-state index in [0.29, 0.717) is 23.2 Å². The van der Waals surface area contributed by atoms with Gasteiger partial charge >= 0.3 is 0 Å². The zero-order valence-electron chi connectivity index (χ0n) is 8.37. The zero-order chi connectivity index (χ0) is 10.7. The van der Waals surface area contributed by atoms with Gasteiger partial charge in [-0.3, -0.25) is 4.79 Å². The maximum Gasteiger partial charge on any atom is 0.152 e. The Kier molecular flexibility index (Phi) is 3.02. The average Bonchev–Trinajstić information content (AvgIpc) is 2.17. The Bertz CT molecular complexity index is 370. The van der Waals surface area contributed by atoms with Crippen molar-refractivity contribution in [2.24, 2.45) is 5.92 Å². The average molecular weight is 190 g/mol. The van der Waals surface area contributed by atoms with Crippen LogP contribution < -0.4 is 5.73 Å². The first kappa shape index (κ1) is 10.4. The first-order valence-corrected chi connectivity index (χ1v) is 4.49. The smallest absolute Gasteiger partial charge is 0.152 e. The second-order valence-corrected chi connectivity index (χ2v) is 3.53. The first-order chi connectivity index (χ1) is 6.56. The van der Waals surface area contributed by atoms with Crippen molar-refractivity contribution < 1.29 is 4.79 Å². The van der Waals surface area contributed by atoms with Crippen molar-refractivity contribution in [2.45, 2.75) is 13.8 Å². The number of nitrogen functional groups attached to an aromatic ring is 1. The molecular weight excluding hydrogens is 176 g/mol. The van der Waals surface area contributed by atoms with Crippen molar-refractivity contribution in [3.05, 3.63) is 29.3 Å². The van der Waals surface area contributed by atoms with Crippen LogP contribution in [0.25, 0.3) is 0 Å². The molecule has 0 heterocycles. The zero-order valence-corrected chi connectivity index (χ0v) is 8.37. The van der Waals surface area contributed by atoms with Crippen LogP contribution in [0.2, 0.25) is 0 Å². The summed E-state index contributed by atoms with van der Waals surface area (Å²) >= 11 is 0. The number of carbonyl (C=O) groups is 1. The molecule has 3 N–H and O–H groups in total. The maximum atomic E-state index is 10.6. The normalized spacial score (nSPS) is 10.2. The van der Waals surface area contributed by atoms with E-state index < -0.39 is 0 Å². The predicted molar refractivity (Wildman–Crippen MR) is 57.9 cm³/mol. The number of benzene rings is 1. The van der Waals surface area contributed by atoms with E-state index in [4.69, 9.17) is 11.1 Å². The largest absolute Gasteiger partial charge is 0.398 e. The van der Waals surface area contributed by atoms with E-state index in [1.165, 1.54) is 0 Å². The summed E-state index contributed by atoms with van der Waals surface area (Å²) in [5.41, 5.74) is 7.77. The quantitative estimate of drug-likeness (QED) is 0.435. The van der Waals surface area contributed by atoms with Gasteiger partial charge in [0.25, 0.3) is 0 Å². The summed E-state index contributed by atoms with van der Waals surface area (Å²) in [6, 6.07) is 5.09. The van der Waals surface area contributed by atoms with Gasteiger partial charge in [-0.1, -0.05) is 19.9 Å². The number of hydrogen-bond donors (Lipinski definition) is 2. The van der Waals surface area contributed by atoms with Gasteiger partial charge in [0.1, 0.15) is 0 Å². The van der Waals surface area contributed by atoms with E-state index in [2.05, 4.69) is 0 Å². The van der Waals surface area contributed by atoms with E-state index in [-0.39, 0.29) is 5.92 Å². The summed E-state index contributed by atoms with van der Waals surface area (Å²) in [5.74, 6) is 0.151. The fourth-order valence-electron chi connectivity index (χ4n) is 1.18. The number of nitrogens with two attached hydrogens (primary N) is 1. The molecule has 0 aliphatic carbocycles. The minimum atomic E-state index is 0.151. The molecule has 0 amide bonds. The molecule has 0 aliphatic heterocycles. The topological polar surface area (TPSA) is 66.9 Å². The molecule has 0 aliphatic rings. The van der Waals surface area contributed by atoms with E-state index in [0.717, 1.165) is 5.56 Å². The Hall–Kier alpha value is -1.64. The predicted octanol–water partition coefficient (Wildman–Crippen LogP) is 2.11. The summed E-state index contributed by atoms with van der Waals surface area (Å²) in [6.07, 6.45) is 0.715. The molecule has 3 heteroatoms. The van der Waals surface area contributed by atoms with Crippen molar-refractivity contribution in [3.63, 3.8) is 0 Å². The van der Waals surface area contributed by atoms with Gasteiger partial charge in [0.05, 0.1) is 0 Å². The number of anilines is 1. The summed E-state index contributed by atoms with van der Waals surface area (Å²) in [6.45, 7) is 3.89. The van der Waals surface area contributed by atoms with Crippen LogP contribution in [-0.4, -0.2) is 12.0 Å². The Morgan fingerprint density at radius 1 is 1.50 bits per heavy atom. The fraction of sp³-hybridized carbons (Fsp3) is 0.273. The maximum absolute atomic E-state index is 10.6. The molecule has 0 atom stereocenters. The molecule has 0 fully saturated rings. The molecule has 3 nitrogen and oxygen atoms in total. The lowest BCUT2D eigenvalue weighted by molar-refractivity contribution is 0.112. The monoisotopic (exact) mass is 190 g/mol. The summed E-state index contributed by atoms with van der Waals surface area (Å²) in [4.78, 5) is 10.6. The van der Waals surface area contributed by atoms with Gasteiger partial charge in [0.15, 0.2) is 6.29 Å². The standard InChI is InChI=1S/C11H14N2O/c1-7(2)11(13)8-3-4-10(12)9(5-8)6-14/h3-7,13H,12H2,1-2H3. The van der Waals surface area contributed by atoms with Crippen LogP contribution in [-0.2, 0) is 0 Å². The van der Waals surface area contributed by atoms with Crippen molar-refractivity contribution >= 4 is 17.7 Å². The lowest BCUT2D eigenvalue weighted by Crippen LogP contribution is -2.08. The van der Waals surface area contributed by atoms with Gasteiger partial charge in [0.2, 0.25) is 0 Å². The van der Waals surface area contributed by atoms with Gasteiger partial charge in [-0.05, 0) is 23.6 Å². The van der Waals surface area contributed by atoms with Crippen molar-refractivity contribution in [1.29, 1.82) is 5.41 Å². The van der Waals surface area contributed by atoms with E-state index >= 15 is 0 Å². The number of carbonyl (C=O) groups excluding carboxylic acids is 1. The minimum absolute atomic E-state index is 0.151. The molecular formula is C11H14N2O. The molecule has 14 heavy (non-hydrogen) atoms. The molecule has 1 rings (SSSR count). The van der Waals surface area contributed by atoms with Crippen LogP contribution >= 0.6 is 0 Å². The molecule has 0 spiro atoms. The van der Waals surface area contributed by atoms with Gasteiger partial charge < -0.3 is 11.1 Å². The number of rotatable bonds is 3. The van der Waals surface area contributed by atoms with Crippen molar-refractivity contribution in [3.8, 4) is 0 Å². The van der Waals surface area contributed by atoms with Crippen LogP contribution in [0.15, 0.2) is 18.2 Å². The minimum Gasteiger partial charge on any atom is -0.398 e. The first-order valence-electron chi connectivity index (χ1n) is 4.49. The summed E-state index contributed by atoms with van der Waals surface area (Å²) in [5, 5.41) is 7.77. The second-order valence-electron chi connectivity index (χ2n) is 3.53.